The van der Waals surface area contributed by atoms with E-state index < -0.39 is 0 Å². The van der Waals surface area contributed by atoms with E-state index in [1.54, 1.807) is 0 Å². The Bertz CT molecular complexity index is 362. The summed E-state index contributed by atoms with van der Waals surface area (Å²) in [6.45, 7) is 12.2. The minimum atomic E-state index is 0.480. The monoisotopic (exact) mass is 265 g/mol. The summed E-state index contributed by atoms with van der Waals surface area (Å²) in [7, 11) is 0. The molecule has 102 valence electrons. The highest BCUT2D eigenvalue weighted by molar-refractivity contribution is 7.99. The van der Waals surface area contributed by atoms with Crippen molar-refractivity contribution in [2.24, 2.45) is 0 Å². The molecule has 0 saturated carbocycles. The number of nitrogens with one attached hydrogen (secondary N) is 1. The molecule has 1 rings (SSSR count). The van der Waals surface area contributed by atoms with E-state index in [4.69, 9.17) is 0 Å². The first-order chi connectivity index (χ1) is 8.60. The molecule has 2 unspecified atom stereocenters. The maximum absolute atomic E-state index is 3.63. The van der Waals surface area contributed by atoms with Crippen LogP contribution in [0.25, 0.3) is 0 Å². The van der Waals surface area contributed by atoms with Crippen LogP contribution in [-0.2, 0) is 0 Å². The van der Waals surface area contributed by atoms with Crippen molar-refractivity contribution in [1.82, 2.24) is 5.32 Å². The third-order valence-electron chi connectivity index (χ3n) is 3.59. The van der Waals surface area contributed by atoms with Crippen LogP contribution < -0.4 is 5.32 Å². The fourth-order valence-electron chi connectivity index (χ4n) is 2.03. The van der Waals surface area contributed by atoms with Gasteiger partial charge in [-0.2, -0.15) is 11.8 Å². The lowest BCUT2D eigenvalue weighted by Gasteiger charge is -2.22. The molecule has 18 heavy (non-hydrogen) atoms. The third kappa shape index (κ3) is 4.33. The van der Waals surface area contributed by atoms with E-state index >= 15 is 0 Å². The Balaban J connectivity index is 2.80. The van der Waals surface area contributed by atoms with Crippen molar-refractivity contribution in [3.8, 4) is 0 Å². The first-order valence-electron chi connectivity index (χ1n) is 7.01. The highest BCUT2D eigenvalue weighted by atomic mass is 32.2. The van der Waals surface area contributed by atoms with Crippen LogP contribution in [0, 0.1) is 13.8 Å². The van der Waals surface area contributed by atoms with E-state index in [9.17, 15) is 0 Å². The van der Waals surface area contributed by atoms with Gasteiger partial charge >= 0.3 is 0 Å². The van der Waals surface area contributed by atoms with Gasteiger partial charge in [0.1, 0.15) is 0 Å². The van der Waals surface area contributed by atoms with Crippen molar-refractivity contribution in [3.05, 3.63) is 34.9 Å². The van der Waals surface area contributed by atoms with E-state index in [1.807, 2.05) is 0 Å². The fourth-order valence-corrected chi connectivity index (χ4v) is 3.09. The molecule has 0 aliphatic rings. The summed E-state index contributed by atoms with van der Waals surface area (Å²) in [4.78, 5) is 0. The third-order valence-corrected chi connectivity index (χ3v) is 5.02. The summed E-state index contributed by atoms with van der Waals surface area (Å²) in [5.41, 5.74) is 4.30. The molecular weight excluding hydrogens is 238 g/mol. The molecule has 0 fully saturated rings. The smallest absolute Gasteiger partial charge is 0.0414 e. The van der Waals surface area contributed by atoms with Crippen molar-refractivity contribution < 1.29 is 0 Å². The van der Waals surface area contributed by atoms with Crippen LogP contribution in [0.3, 0.4) is 0 Å². The molecule has 0 amide bonds. The molecular formula is C16H27NS. The summed E-state index contributed by atoms with van der Waals surface area (Å²) >= 11 is 2.07. The maximum atomic E-state index is 3.63. The Morgan fingerprint density at radius 1 is 1.22 bits per heavy atom. The summed E-state index contributed by atoms with van der Waals surface area (Å²) in [6.07, 6.45) is 1.25. The van der Waals surface area contributed by atoms with Crippen LogP contribution in [0.1, 0.15) is 49.9 Å². The fraction of sp³-hybridized carbons (Fsp3) is 0.625. The molecule has 0 saturated heterocycles. The van der Waals surface area contributed by atoms with Crippen molar-refractivity contribution in [1.29, 1.82) is 0 Å². The zero-order valence-electron chi connectivity index (χ0n) is 12.4. The Hall–Kier alpha value is -0.470. The Labute approximate surface area is 117 Å². The minimum absolute atomic E-state index is 0.480. The molecule has 1 aromatic carbocycles. The lowest BCUT2D eigenvalue weighted by Crippen LogP contribution is -2.24. The standard InChI is InChI=1S/C16H27NS/c1-6-13(4)18-11-16(17-7-2)15-10-8-9-12(3)14(15)5/h8-10,13,16-17H,6-7,11H2,1-5H3. The van der Waals surface area contributed by atoms with Gasteiger partial charge in [-0.05, 0) is 43.5 Å². The second-order valence-electron chi connectivity index (χ2n) is 4.95. The van der Waals surface area contributed by atoms with Gasteiger partial charge in [0.2, 0.25) is 0 Å². The Kier molecular flexibility index (Phi) is 6.80. The number of benzene rings is 1. The Morgan fingerprint density at radius 3 is 2.56 bits per heavy atom. The van der Waals surface area contributed by atoms with Gasteiger partial charge in [-0.3, -0.25) is 0 Å². The zero-order chi connectivity index (χ0) is 13.5. The summed E-state index contributed by atoms with van der Waals surface area (Å²) in [6, 6.07) is 7.13. The van der Waals surface area contributed by atoms with Gasteiger partial charge < -0.3 is 5.32 Å². The Morgan fingerprint density at radius 2 is 1.94 bits per heavy atom. The molecule has 0 aromatic heterocycles. The first-order valence-corrected chi connectivity index (χ1v) is 8.06. The van der Waals surface area contributed by atoms with E-state index in [1.165, 1.54) is 23.1 Å². The van der Waals surface area contributed by atoms with Gasteiger partial charge in [-0.1, -0.05) is 39.0 Å². The molecule has 1 nitrogen and oxygen atoms in total. The van der Waals surface area contributed by atoms with Crippen LogP contribution in [0.4, 0.5) is 0 Å². The van der Waals surface area contributed by atoms with E-state index in [-0.39, 0.29) is 0 Å². The maximum Gasteiger partial charge on any atom is 0.0414 e. The van der Waals surface area contributed by atoms with Crippen molar-refractivity contribution >= 4 is 11.8 Å². The van der Waals surface area contributed by atoms with Gasteiger partial charge in [0, 0.05) is 17.0 Å². The molecule has 0 aliphatic carbocycles. The van der Waals surface area contributed by atoms with Crippen molar-refractivity contribution in [2.45, 2.75) is 52.3 Å². The van der Waals surface area contributed by atoms with Crippen molar-refractivity contribution in [3.63, 3.8) is 0 Å². The molecule has 1 aromatic rings. The van der Waals surface area contributed by atoms with Gasteiger partial charge in [-0.15, -0.1) is 0 Å². The molecule has 0 heterocycles. The largest absolute Gasteiger partial charge is 0.310 e. The van der Waals surface area contributed by atoms with Crippen LogP contribution in [0.15, 0.2) is 18.2 Å². The van der Waals surface area contributed by atoms with Crippen LogP contribution >= 0.6 is 11.8 Å². The lowest BCUT2D eigenvalue weighted by molar-refractivity contribution is 0.601. The summed E-state index contributed by atoms with van der Waals surface area (Å²) in [5, 5.41) is 4.37. The molecule has 0 radical (unpaired) electrons. The average Bonchev–Trinajstić information content (AvgIpc) is 2.37. The topological polar surface area (TPSA) is 12.0 Å². The van der Waals surface area contributed by atoms with Gasteiger partial charge in [-0.25, -0.2) is 0 Å². The highest BCUT2D eigenvalue weighted by Crippen LogP contribution is 2.26. The van der Waals surface area contributed by atoms with Crippen LogP contribution in [0.2, 0.25) is 0 Å². The summed E-state index contributed by atoms with van der Waals surface area (Å²) < 4.78 is 0. The molecule has 0 spiro atoms. The lowest BCUT2D eigenvalue weighted by atomic mass is 9.98. The molecule has 2 heteroatoms. The molecule has 0 aliphatic heterocycles. The minimum Gasteiger partial charge on any atom is -0.310 e. The van der Waals surface area contributed by atoms with Gasteiger partial charge in [0.15, 0.2) is 0 Å². The number of thioether (sulfide) groups is 1. The average molecular weight is 265 g/mol. The second kappa shape index (κ2) is 7.85. The zero-order valence-corrected chi connectivity index (χ0v) is 13.2. The van der Waals surface area contributed by atoms with Gasteiger partial charge in [0.25, 0.3) is 0 Å². The van der Waals surface area contributed by atoms with Crippen LogP contribution in [0.5, 0.6) is 0 Å². The SMILES string of the molecule is CCNC(CSC(C)CC)c1cccc(C)c1C. The van der Waals surface area contributed by atoms with Crippen molar-refractivity contribution in [2.75, 3.05) is 12.3 Å². The quantitative estimate of drug-likeness (QED) is 0.780. The highest BCUT2D eigenvalue weighted by Gasteiger charge is 2.14. The number of hydrogen-bond donors (Lipinski definition) is 1. The van der Waals surface area contributed by atoms with E-state index in [0.29, 0.717) is 6.04 Å². The molecule has 0 bridgehead atoms. The number of aryl methyl sites for hydroxylation is 1. The summed E-state index contributed by atoms with van der Waals surface area (Å²) in [5.74, 6) is 1.16. The number of rotatable bonds is 7. The second-order valence-corrected chi connectivity index (χ2v) is 6.42. The molecule has 2 atom stereocenters. The molecule has 1 N–H and O–H groups in total. The van der Waals surface area contributed by atoms with Crippen LogP contribution in [-0.4, -0.2) is 17.5 Å². The first kappa shape index (κ1) is 15.6. The predicted octanol–water partition coefficient (Wildman–Crippen LogP) is 4.49. The predicted molar refractivity (Wildman–Crippen MR) is 84.5 cm³/mol. The van der Waals surface area contributed by atoms with E-state index in [2.05, 4.69) is 69.9 Å². The normalized spacial score (nSPS) is 14.5. The number of hydrogen-bond acceptors (Lipinski definition) is 2. The van der Waals surface area contributed by atoms with E-state index in [0.717, 1.165) is 17.5 Å². The van der Waals surface area contributed by atoms with Gasteiger partial charge in [0.05, 0.1) is 0 Å².